The van der Waals surface area contributed by atoms with Gasteiger partial charge in [-0.1, -0.05) is 45.0 Å². The van der Waals surface area contributed by atoms with E-state index in [1.807, 2.05) is 0 Å². The lowest BCUT2D eigenvalue weighted by molar-refractivity contribution is 0.263. The minimum atomic E-state index is 0.459. The van der Waals surface area contributed by atoms with E-state index in [9.17, 15) is 0 Å². The molecule has 0 saturated carbocycles. The highest BCUT2D eigenvalue weighted by Gasteiger charge is 2.22. The van der Waals surface area contributed by atoms with Crippen LogP contribution in [0, 0.1) is 0 Å². The number of nitrogens with zero attached hydrogens (tertiary/aromatic N) is 1. The van der Waals surface area contributed by atoms with Crippen molar-refractivity contribution in [3.63, 3.8) is 0 Å². The van der Waals surface area contributed by atoms with Crippen LogP contribution >= 0.6 is 11.8 Å². The van der Waals surface area contributed by atoms with E-state index in [1.165, 1.54) is 24.2 Å². The molecule has 2 nitrogen and oxygen atoms in total. The summed E-state index contributed by atoms with van der Waals surface area (Å²) in [6, 6.07) is 8.99. The highest BCUT2D eigenvalue weighted by molar-refractivity contribution is 8.00. The first-order valence-electron chi connectivity index (χ1n) is 7.25. The molecule has 1 aromatic rings. The van der Waals surface area contributed by atoms with Crippen LogP contribution in [0.5, 0.6) is 0 Å². The molecule has 0 aromatic heterocycles. The zero-order chi connectivity index (χ0) is 13.8. The predicted molar refractivity (Wildman–Crippen MR) is 85.7 cm³/mol. The maximum absolute atomic E-state index is 5.71. The van der Waals surface area contributed by atoms with Crippen molar-refractivity contribution in [3.8, 4) is 0 Å². The summed E-state index contributed by atoms with van der Waals surface area (Å²) in [6.07, 6.45) is 0. The Morgan fingerprint density at radius 3 is 2.32 bits per heavy atom. The van der Waals surface area contributed by atoms with Gasteiger partial charge in [0.2, 0.25) is 0 Å². The second-order valence-electron chi connectivity index (χ2n) is 5.83. The number of nitrogens with two attached hydrogens (primary N) is 1. The average Bonchev–Trinajstić information content (AvgIpc) is 2.37. The highest BCUT2D eigenvalue weighted by Crippen LogP contribution is 2.26. The van der Waals surface area contributed by atoms with E-state index in [0.717, 1.165) is 23.6 Å². The molecule has 0 spiro atoms. The fourth-order valence-electron chi connectivity index (χ4n) is 2.76. The Kier molecular flexibility index (Phi) is 5.31. The van der Waals surface area contributed by atoms with Gasteiger partial charge in [0.05, 0.1) is 0 Å². The van der Waals surface area contributed by atoms with E-state index >= 15 is 0 Å². The molecule has 1 saturated heterocycles. The van der Waals surface area contributed by atoms with Gasteiger partial charge in [0, 0.05) is 30.1 Å². The summed E-state index contributed by atoms with van der Waals surface area (Å²) in [6.45, 7) is 11.1. The van der Waals surface area contributed by atoms with E-state index < -0.39 is 0 Å². The Morgan fingerprint density at radius 2 is 1.79 bits per heavy atom. The van der Waals surface area contributed by atoms with Crippen molar-refractivity contribution >= 4 is 11.8 Å². The van der Waals surface area contributed by atoms with Crippen LogP contribution in [-0.4, -0.2) is 35.0 Å². The van der Waals surface area contributed by atoms with Crippen molar-refractivity contribution < 1.29 is 0 Å². The molecule has 1 aliphatic rings. The first kappa shape index (κ1) is 14.9. The predicted octanol–water partition coefficient (Wildman–Crippen LogP) is 3.07. The molecule has 106 valence electrons. The summed E-state index contributed by atoms with van der Waals surface area (Å²) in [5.41, 5.74) is 8.48. The van der Waals surface area contributed by atoms with Gasteiger partial charge in [-0.25, -0.2) is 0 Å². The summed E-state index contributed by atoms with van der Waals surface area (Å²) in [4.78, 5) is 2.58. The quantitative estimate of drug-likeness (QED) is 0.918. The molecule has 1 aliphatic heterocycles. The minimum Gasteiger partial charge on any atom is -0.330 e. The minimum absolute atomic E-state index is 0.459. The van der Waals surface area contributed by atoms with Crippen molar-refractivity contribution in [1.82, 2.24) is 4.90 Å². The molecule has 0 amide bonds. The molecule has 1 fully saturated rings. The van der Waals surface area contributed by atoms with E-state index in [-0.39, 0.29) is 0 Å². The summed E-state index contributed by atoms with van der Waals surface area (Å²) in [5, 5.41) is 1.50. The van der Waals surface area contributed by atoms with Crippen LogP contribution in [0.3, 0.4) is 0 Å². The Morgan fingerprint density at radius 1 is 1.21 bits per heavy atom. The molecule has 19 heavy (non-hydrogen) atoms. The molecular formula is C16H26N2S. The standard InChI is InChI=1S/C16H26N2S/c1-12(8-17)16-6-4-15(5-7-16)11-18-9-13(2)19-14(3)10-18/h4-7,12-14H,8-11,17H2,1-3H3. The Balaban J connectivity index is 1.95. The zero-order valence-corrected chi connectivity index (χ0v) is 13.1. The smallest absolute Gasteiger partial charge is 0.0234 e. The Bertz CT molecular complexity index is 380. The van der Waals surface area contributed by atoms with Gasteiger partial charge in [-0.3, -0.25) is 4.90 Å². The van der Waals surface area contributed by atoms with E-state index in [0.29, 0.717) is 5.92 Å². The maximum Gasteiger partial charge on any atom is 0.0234 e. The molecule has 3 heteroatoms. The second-order valence-corrected chi connectivity index (χ2v) is 7.71. The average molecular weight is 278 g/mol. The van der Waals surface area contributed by atoms with Crippen molar-refractivity contribution in [1.29, 1.82) is 0 Å². The molecule has 2 N–H and O–H groups in total. The monoisotopic (exact) mass is 278 g/mol. The van der Waals surface area contributed by atoms with Crippen molar-refractivity contribution in [2.24, 2.45) is 5.73 Å². The van der Waals surface area contributed by atoms with E-state index in [2.05, 4.69) is 61.7 Å². The number of rotatable bonds is 4. The van der Waals surface area contributed by atoms with E-state index in [4.69, 9.17) is 5.73 Å². The second kappa shape index (κ2) is 6.78. The number of benzene rings is 1. The summed E-state index contributed by atoms with van der Waals surface area (Å²) < 4.78 is 0. The van der Waals surface area contributed by atoms with Crippen LogP contribution in [0.2, 0.25) is 0 Å². The van der Waals surface area contributed by atoms with Gasteiger partial charge in [-0.15, -0.1) is 0 Å². The Labute approximate surface area is 121 Å². The fraction of sp³-hybridized carbons (Fsp3) is 0.625. The normalized spacial score (nSPS) is 26.3. The number of hydrogen-bond acceptors (Lipinski definition) is 3. The van der Waals surface area contributed by atoms with Crippen LogP contribution in [0.25, 0.3) is 0 Å². The first-order valence-corrected chi connectivity index (χ1v) is 8.19. The van der Waals surface area contributed by atoms with E-state index in [1.54, 1.807) is 0 Å². The van der Waals surface area contributed by atoms with Crippen LogP contribution < -0.4 is 5.73 Å². The first-order chi connectivity index (χ1) is 9.08. The fourth-order valence-corrected chi connectivity index (χ4v) is 4.15. The summed E-state index contributed by atoms with van der Waals surface area (Å²) >= 11 is 2.11. The third kappa shape index (κ3) is 4.23. The van der Waals surface area contributed by atoms with Crippen molar-refractivity contribution in [2.45, 2.75) is 43.7 Å². The number of hydrogen-bond donors (Lipinski definition) is 1. The summed E-state index contributed by atoms with van der Waals surface area (Å²) in [5.74, 6) is 0.459. The maximum atomic E-state index is 5.71. The van der Waals surface area contributed by atoms with Gasteiger partial charge in [0.15, 0.2) is 0 Å². The lowest BCUT2D eigenvalue weighted by Crippen LogP contribution is -2.39. The van der Waals surface area contributed by atoms with Gasteiger partial charge in [0.1, 0.15) is 0 Å². The van der Waals surface area contributed by atoms with Crippen LogP contribution in [-0.2, 0) is 6.54 Å². The molecule has 3 atom stereocenters. The molecule has 0 radical (unpaired) electrons. The lowest BCUT2D eigenvalue weighted by Gasteiger charge is -2.34. The molecule has 3 unspecified atom stereocenters. The SMILES string of the molecule is CC1CN(Cc2ccc(C(C)CN)cc2)CC(C)S1. The third-order valence-corrected chi connectivity index (χ3v) is 5.03. The lowest BCUT2D eigenvalue weighted by atomic mass is 10.00. The molecule has 2 rings (SSSR count). The van der Waals surface area contributed by atoms with Gasteiger partial charge in [-0.2, -0.15) is 11.8 Å². The molecule has 0 bridgehead atoms. The van der Waals surface area contributed by atoms with Crippen molar-refractivity contribution in [2.75, 3.05) is 19.6 Å². The molecule has 0 aliphatic carbocycles. The Hall–Kier alpha value is -0.510. The van der Waals surface area contributed by atoms with Crippen LogP contribution in [0.4, 0.5) is 0 Å². The van der Waals surface area contributed by atoms with Crippen molar-refractivity contribution in [3.05, 3.63) is 35.4 Å². The highest BCUT2D eigenvalue weighted by atomic mass is 32.2. The molecule has 1 heterocycles. The number of thioether (sulfide) groups is 1. The largest absolute Gasteiger partial charge is 0.330 e. The van der Waals surface area contributed by atoms with Gasteiger partial charge in [-0.05, 0) is 23.6 Å². The van der Waals surface area contributed by atoms with Crippen LogP contribution in [0.1, 0.15) is 37.8 Å². The molecule has 1 aromatic carbocycles. The summed E-state index contributed by atoms with van der Waals surface area (Å²) in [7, 11) is 0. The van der Waals surface area contributed by atoms with Gasteiger partial charge >= 0.3 is 0 Å². The van der Waals surface area contributed by atoms with Gasteiger partial charge in [0.25, 0.3) is 0 Å². The topological polar surface area (TPSA) is 29.3 Å². The van der Waals surface area contributed by atoms with Gasteiger partial charge < -0.3 is 5.73 Å². The third-order valence-electron chi connectivity index (χ3n) is 3.80. The van der Waals surface area contributed by atoms with Crippen LogP contribution in [0.15, 0.2) is 24.3 Å². The molecular weight excluding hydrogens is 252 g/mol. The zero-order valence-electron chi connectivity index (χ0n) is 12.3.